The molecule has 0 bridgehead atoms. The summed E-state index contributed by atoms with van der Waals surface area (Å²) in [6.45, 7) is -0.483. The zero-order valence-corrected chi connectivity index (χ0v) is 8.85. The molecule has 0 radical (unpaired) electrons. The monoisotopic (exact) mass is 222 g/mol. The highest BCUT2D eigenvalue weighted by Crippen LogP contribution is 2.23. The summed E-state index contributed by atoms with van der Waals surface area (Å²) in [5, 5.41) is 0. The third-order valence-electron chi connectivity index (χ3n) is 2.81. The Bertz CT molecular complexity index is 233. The quantitative estimate of drug-likeness (QED) is 0.731. The van der Waals surface area contributed by atoms with Gasteiger partial charge in [0.25, 0.3) is 0 Å². The van der Waals surface area contributed by atoms with E-state index in [4.69, 9.17) is 5.73 Å². The number of alkyl halides is 3. The summed E-state index contributed by atoms with van der Waals surface area (Å²) < 4.78 is 37.7. The van der Waals surface area contributed by atoms with Crippen LogP contribution in [0.25, 0.3) is 0 Å². The van der Waals surface area contributed by atoms with Gasteiger partial charge in [-0.2, -0.15) is 8.78 Å². The molecule has 0 unspecified atom stereocenters. The topological polar surface area (TPSA) is 38.4 Å². The largest absolute Gasteiger partial charge is 0.328 e. The molecule has 0 amide bonds. The first-order valence-electron chi connectivity index (χ1n) is 5.20. The van der Waals surface area contributed by atoms with Crippen LogP contribution in [-0.4, -0.2) is 30.4 Å². The molecule has 1 aliphatic carbocycles. The minimum atomic E-state index is -3.40. The molecule has 2 N–H and O–H groups in total. The number of hydrogen-bond acceptors (Lipinski definition) is 2. The Labute approximate surface area is 87.7 Å². The van der Waals surface area contributed by atoms with Gasteiger partial charge in [-0.05, 0) is 32.6 Å². The summed E-state index contributed by atoms with van der Waals surface area (Å²) in [7, 11) is 0. The van der Waals surface area contributed by atoms with Crippen molar-refractivity contribution in [2.24, 2.45) is 10.7 Å². The normalized spacial score (nSPS) is 29.3. The molecule has 0 atom stereocenters. The number of aliphatic imine (C=N–C) groups is 1. The van der Waals surface area contributed by atoms with Crippen LogP contribution in [0, 0.1) is 0 Å². The van der Waals surface area contributed by atoms with Crippen molar-refractivity contribution in [3.8, 4) is 0 Å². The second kappa shape index (κ2) is 4.96. The summed E-state index contributed by atoms with van der Waals surface area (Å²) in [5.74, 6) is -3.40. The summed E-state index contributed by atoms with van der Waals surface area (Å²) in [6.07, 6.45) is 3.06. The highest BCUT2D eigenvalue weighted by atomic mass is 19.3. The van der Waals surface area contributed by atoms with Gasteiger partial charge in [-0.15, -0.1) is 0 Å². The van der Waals surface area contributed by atoms with Crippen LogP contribution in [0.5, 0.6) is 0 Å². The summed E-state index contributed by atoms with van der Waals surface area (Å²) >= 11 is 0. The summed E-state index contributed by atoms with van der Waals surface area (Å²) in [5.41, 5.74) is 5.29. The number of halogens is 3. The predicted octanol–water partition coefficient (Wildman–Crippen LogP) is 2.32. The molecule has 0 heterocycles. The fourth-order valence-electron chi connectivity index (χ4n) is 1.70. The molecule has 1 rings (SSSR count). The highest BCUT2D eigenvalue weighted by molar-refractivity contribution is 5.89. The Morgan fingerprint density at radius 1 is 1.33 bits per heavy atom. The van der Waals surface area contributed by atoms with E-state index in [-0.39, 0.29) is 12.1 Å². The number of hydrogen-bond donors (Lipinski definition) is 1. The van der Waals surface area contributed by atoms with Crippen LogP contribution in [-0.2, 0) is 0 Å². The van der Waals surface area contributed by atoms with E-state index in [1.807, 2.05) is 0 Å². The van der Waals surface area contributed by atoms with Gasteiger partial charge in [0.15, 0.2) is 6.67 Å². The van der Waals surface area contributed by atoms with Crippen molar-refractivity contribution in [2.45, 2.75) is 50.6 Å². The second-order valence-electron chi connectivity index (χ2n) is 4.12. The Kier molecular flexibility index (Phi) is 4.13. The van der Waals surface area contributed by atoms with Crippen LogP contribution in [0.3, 0.4) is 0 Å². The molecule has 5 heteroatoms. The van der Waals surface area contributed by atoms with Gasteiger partial charge in [0, 0.05) is 6.04 Å². The maximum atomic E-state index is 12.8. The van der Waals surface area contributed by atoms with Crippen LogP contribution in [0.4, 0.5) is 13.2 Å². The summed E-state index contributed by atoms with van der Waals surface area (Å²) in [6, 6.07) is 0.0562. The van der Waals surface area contributed by atoms with E-state index >= 15 is 0 Å². The van der Waals surface area contributed by atoms with Crippen molar-refractivity contribution in [2.75, 3.05) is 6.67 Å². The molecule has 0 saturated heterocycles. The molecule has 1 saturated carbocycles. The lowest BCUT2D eigenvalue weighted by Gasteiger charge is -2.24. The van der Waals surface area contributed by atoms with Crippen molar-refractivity contribution in [3.05, 3.63) is 0 Å². The van der Waals surface area contributed by atoms with Gasteiger partial charge in [-0.1, -0.05) is 0 Å². The molecule has 88 valence electrons. The average Bonchev–Trinajstić information content (AvgIpc) is 2.21. The first-order valence-corrected chi connectivity index (χ1v) is 5.20. The van der Waals surface area contributed by atoms with E-state index in [1.165, 1.54) is 6.92 Å². The minimum Gasteiger partial charge on any atom is -0.328 e. The van der Waals surface area contributed by atoms with E-state index in [0.717, 1.165) is 25.7 Å². The Morgan fingerprint density at radius 2 is 1.87 bits per heavy atom. The molecule has 0 aliphatic heterocycles. The van der Waals surface area contributed by atoms with Crippen LogP contribution >= 0.6 is 0 Å². The van der Waals surface area contributed by atoms with Gasteiger partial charge in [0.2, 0.25) is 0 Å². The smallest absolute Gasteiger partial charge is 0.312 e. The Balaban J connectivity index is 2.55. The van der Waals surface area contributed by atoms with E-state index in [0.29, 0.717) is 0 Å². The van der Waals surface area contributed by atoms with Crippen molar-refractivity contribution in [3.63, 3.8) is 0 Å². The molecular weight excluding hydrogens is 205 g/mol. The van der Waals surface area contributed by atoms with Gasteiger partial charge in [-0.25, -0.2) is 4.39 Å². The molecule has 1 aliphatic rings. The van der Waals surface area contributed by atoms with Crippen LogP contribution in [0.2, 0.25) is 0 Å². The zero-order valence-electron chi connectivity index (χ0n) is 8.85. The molecule has 0 aromatic heterocycles. The van der Waals surface area contributed by atoms with Gasteiger partial charge >= 0.3 is 5.92 Å². The number of nitrogens with zero attached hydrogens (tertiary/aromatic N) is 1. The van der Waals surface area contributed by atoms with Crippen molar-refractivity contribution >= 4 is 5.71 Å². The Morgan fingerprint density at radius 3 is 2.33 bits per heavy atom. The van der Waals surface area contributed by atoms with Gasteiger partial charge < -0.3 is 5.73 Å². The van der Waals surface area contributed by atoms with Gasteiger partial charge in [-0.3, -0.25) is 4.99 Å². The van der Waals surface area contributed by atoms with Crippen molar-refractivity contribution in [1.82, 2.24) is 0 Å². The first kappa shape index (κ1) is 12.5. The molecule has 0 aromatic rings. The maximum Gasteiger partial charge on any atom is 0.312 e. The van der Waals surface area contributed by atoms with Gasteiger partial charge in [0.1, 0.15) is 0 Å². The predicted molar refractivity (Wildman–Crippen MR) is 54.3 cm³/mol. The third kappa shape index (κ3) is 3.48. The lowest BCUT2D eigenvalue weighted by atomic mass is 9.92. The minimum absolute atomic E-state index is 0.109. The van der Waals surface area contributed by atoms with Crippen molar-refractivity contribution in [1.29, 1.82) is 0 Å². The lowest BCUT2D eigenvalue weighted by molar-refractivity contribution is 0.0473. The molecule has 15 heavy (non-hydrogen) atoms. The lowest BCUT2D eigenvalue weighted by Crippen LogP contribution is -2.32. The highest BCUT2D eigenvalue weighted by Gasteiger charge is 2.33. The zero-order chi connectivity index (χ0) is 11.5. The second-order valence-corrected chi connectivity index (χ2v) is 4.12. The average molecular weight is 222 g/mol. The van der Waals surface area contributed by atoms with E-state index in [2.05, 4.69) is 4.99 Å². The molecule has 2 nitrogen and oxygen atoms in total. The number of nitrogens with two attached hydrogens (primary N) is 1. The standard InChI is InChI=1S/C10H17F3N2/c1-7(10(12,13)6-11)15-9-4-2-8(14)3-5-9/h8-9H,2-6,14H2,1H3. The SMILES string of the molecule is CC(=NC1CCC(N)CC1)C(F)(F)CF. The first-order chi connectivity index (χ1) is 6.95. The fourth-order valence-corrected chi connectivity index (χ4v) is 1.70. The molecule has 1 fully saturated rings. The van der Waals surface area contributed by atoms with E-state index in [1.54, 1.807) is 0 Å². The molecule has 0 spiro atoms. The van der Waals surface area contributed by atoms with E-state index < -0.39 is 18.3 Å². The number of rotatable bonds is 3. The van der Waals surface area contributed by atoms with Crippen LogP contribution < -0.4 is 5.73 Å². The van der Waals surface area contributed by atoms with Gasteiger partial charge in [0.05, 0.1) is 11.8 Å². The van der Waals surface area contributed by atoms with Crippen LogP contribution in [0.15, 0.2) is 4.99 Å². The fraction of sp³-hybridized carbons (Fsp3) is 0.900. The van der Waals surface area contributed by atoms with Crippen LogP contribution in [0.1, 0.15) is 32.6 Å². The maximum absolute atomic E-state index is 12.8. The Hall–Kier alpha value is -0.580. The molecular formula is C10H17F3N2. The third-order valence-corrected chi connectivity index (χ3v) is 2.81. The molecule has 0 aromatic carbocycles. The summed E-state index contributed by atoms with van der Waals surface area (Å²) in [4.78, 5) is 3.88. The van der Waals surface area contributed by atoms with Crippen molar-refractivity contribution < 1.29 is 13.2 Å². The van der Waals surface area contributed by atoms with E-state index in [9.17, 15) is 13.2 Å².